The molecule has 14 heavy (non-hydrogen) atoms. The van der Waals surface area contributed by atoms with Crippen molar-refractivity contribution < 1.29 is 9.53 Å². The largest absolute Gasteiger partial charge is 0.453 e. The van der Waals surface area contributed by atoms with Crippen molar-refractivity contribution in [2.45, 2.75) is 26.3 Å². The average Bonchev–Trinajstić information content (AvgIpc) is 2.62. The summed E-state index contributed by atoms with van der Waals surface area (Å²) in [5, 5.41) is 5.62. The second kappa shape index (κ2) is 4.95. The van der Waals surface area contributed by atoms with E-state index in [9.17, 15) is 4.79 Å². The van der Waals surface area contributed by atoms with Gasteiger partial charge in [-0.2, -0.15) is 0 Å². The van der Waals surface area contributed by atoms with Gasteiger partial charge in [-0.1, -0.05) is 13.8 Å². The van der Waals surface area contributed by atoms with Crippen LogP contribution in [-0.2, 0) is 11.3 Å². The third-order valence-electron chi connectivity index (χ3n) is 1.66. The minimum Gasteiger partial charge on any atom is -0.453 e. The van der Waals surface area contributed by atoms with Crippen molar-refractivity contribution >= 4 is 17.4 Å². The Morgan fingerprint density at radius 3 is 2.93 bits per heavy atom. The lowest BCUT2D eigenvalue weighted by Gasteiger charge is -2.00. The second-order valence-electron chi connectivity index (χ2n) is 3.18. The number of carbonyl (C=O) groups excluding carboxylic acids is 1. The van der Waals surface area contributed by atoms with Gasteiger partial charge in [0.1, 0.15) is 0 Å². The van der Waals surface area contributed by atoms with E-state index in [1.54, 1.807) is 11.3 Å². The Kier molecular flexibility index (Phi) is 3.88. The normalized spacial score (nSPS) is 10.3. The molecular formula is C9H14N2O2S. The fourth-order valence-corrected chi connectivity index (χ4v) is 1.74. The molecule has 1 aromatic rings. The van der Waals surface area contributed by atoms with Crippen LogP contribution in [0, 0.1) is 0 Å². The van der Waals surface area contributed by atoms with Crippen molar-refractivity contribution in [3.63, 3.8) is 0 Å². The van der Waals surface area contributed by atoms with Gasteiger partial charge in [-0.05, 0) is 0 Å². The van der Waals surface area contributed by atoms with Crippen LogP contribution in [0.4, 0.5) is 4.79 Å². The predicted molar refractivity (Wildman–Crippen MR) is 55.4 cm³/mol. The molecule has 5 heteroatoms. The van der Waals surface area contributed by atoms with Crippen LogP contribution >= 0.6 is 11.3 Å². The van der Waals surface area contributed by atoms with Crippen LogP contribution in [0.25, 0.3) is 0 Å². The zero-order valence-corrected chi connectivity index (χ0v) is 9.35. The summed E-state index contributed by atoms with van der Waals surface area (Å²) in [5.74, 6) is 0.437. The third-order valence-corrected chi connectivity index (χ3v) is 2.86. The number of carbonyl (C=O) groups is 1. The molecule has 4 nitrogen and oxygen atoms in total. The summed E-state index contributed by atoms with van der Waals surface area (Å²) in [7, 11) is 1.34. The lowest BCUT2D eigenvalue weighted by Crippen LogP contribution is -2.22. The Balaban J connectivity index is 2.48. The quantitative estimate of drug-likeness (QED) is 0.838. The van der Waals surface area contributed by atoms with Gasteiger partial charge in [0.2, 0.25) is 0 Å². The van der Waals surface area contributed by atoms with Crippen molar-refractivity contribution in [2.75, 3.05) is 7.11 Å². The van der Waals surface area contributed by atoms with Crippen LogP contribution in [-0.4, -0.2) is 18.2 Å². The number of rotatable bonds is 3. The van der Waals surface area contributed by atoms with E-state index in [1.165, 1.54) is 7.11 Å². The maximum absolute atomic E-state index is 10.8. The molecule has 0 atom stereocenters. The highest BCUT2D eigenvalue weighted by molar-refractivity contribution is 7.09. The highest BCUT2D eigenvalue weighted by Crippen LogP contribution is 2.18. The standard InChI is InChI=1S/C9H14N2O2S/c1-6(2)8-11-7(5-14-8)4-10-9(12)13-3/h5-6H,4H2,1-3H3,(H,10,12). The van der Waals surface area contributed by atoms with E-state index >= 15 is 0 Å². The van der Waals surface area contributed by atoms with Crippen molar-refractivity contribution in [1.29, 1.82) is 0 Å². The first kappa shape index (κ1) is 11.0. The van der Waals surface area contributed by atoms with E-state index in [4.69, 9.17) is 0 Å². The zero-order chi connectivity index (χ0) is 10.6. The van der Waals surface area contributed by atoms with Gasteiger partial charge in [-0.15, -0.1) is 11.3 Å². The van der Waals surface area contributed by atoms with E-state index < -0.39 is 6.09 Å². The maximum Gasteiger partial charge on any atom is 0.407 e. The maximum atomic E-state index is 10.8. The molecule has 1 heterocycles. The van der Waals surface area contributed by atoms with Crippen LogP contribution in [0.2, 0.25) is 0 Å². The van der Waals surface area contributed by atoms with Gasteiger partial charge in [-0.3, -0.25) is 0 Å². The summed E-state index contributed by atoms with van der Waals surface area (Å²) in [4.78, 5) is 15.1. The molecule has 0 saturated carbocycles. The first-order chi connectivity index (χ1) is 6.63. The number of aromatic nitrogens is 1. The average molecular weight is 214 g/mol. The number of hydrogen-bond donors (Lipinski definition) is 1. The fraction of sp³-hybridized carbons (Fsp3) is 0.556. The Labute approximate surface area is 87.3 Å². The molecule has 78 valence electrons. The molecule has 1 rings (SSSR count). The van der Waals surface area contributed by atoms with Gasteiger partial charge in [0.05, 0.1) is 24.4 Å². The monoisotopic (exact) mass is 214 g/mol. The number of methoxy groups -OCH3 is 1. The predicted octanol–water partition coefficient (Wildman–Crippen LogP) is 2.12. The molecule has 1 amide bonds. The number of nitrogens with one attached hydrogen (secondary N) is 1. The van der Waals surface area contributed by atoms with E-state index in [1.807, 2.05) is 5.38 Å². The van der Waals surface area contributed by atoms with Crippen LogP contribution in [0.15, 0.2) is 5.38 Å². The summed E-state index contributed by atoms with van der Waals surface area (Å²) in [6.07, 6.45) is -0.427. The van der Waals surface area contributed by atoms with E-state index in [0.29, 0.717) is 12.5 Å². The zero-order valence-electron chi connectivity index (χ0n) is 8.53. The number of alkyl carbamates (subject to hydrolysis) is 1. The summed E-state index contributed by atoms with van der Waals surface area (Å²) < 4.78 is 4.45. The minimum atomic E-state index is -0.427. The fourth-order valence-electron chi connectivity index (χ4n) is 0.904. The number of hydrogen-bond acceptors (Lipinski definition) is 4. The van der Waals surface area contributed by atoms with Crippen LogP contribution in [0.3, 0.4) is 0 Å². The second-order valence-corrected chi connectivity index (χ2v) is 4.07. The van der Waals surface area contributed by atoms with Crippen LogP contribution < -0.4 is 5.32 Å². The third kappa shape index (κ3) is 2.99. The number of nitrogens with zero attached hydrogens (tertiary/aromatic N) is 1. The van der Waals surface area contributed by atoms with E-state index in [0.717, 1.165) is 10.7 Å². The lowest BCUT2D eigenvalue weighted by atomic mass is 10.2. The molecule has 0 unspecified atom stereocenters. The number of amides is 1. The van der Waals surface area contributed by atoms with Gasteiger partial charge < -0.3 is 10.1 Å². The van der Waals surface area contributed by atoms with Gasteiger partial charge in [0.15, 0.2) is 0 Å². The molecule has 1 aromatic heterocycles. The highest BCUT2D eigenvalue weighted by atomic mass is 32.1. The molecule has 1 N–H and O–H groups in total. The number of thiazole rings is 1. The molecular weight excluding hydrogens is 200 g/mol. The van der Waals surface area contributed by atoms with E-state index in [-0.39, 0.29) is 0 Å². The Hall–Kier alpha value is -1.10. The highest BCUT2D eigenvalue weighted by Gasteiger charge is 2.06. The van der Waals surface area contributed by atoms with Crippen LogP contribution in [0.5, 0.6) is 0 Å². The molecule has 0 bridgehead atoms. The molecule has 0 aliphatic carbocycles. The van der Waals surface area contributed by atoms with Crippen molar-refractivity contribution in [2.24, 2.45) is 0 Å². The topological polar surface area (TPSA) is 51.2 Å². The lowest BCUT2D eigenvalue weighted by molar-refractivity contribution is 0.170. The van der Waals surface area contributed by atoms with Gasteiger partial charge in [0, 0.05) is 11.3 Å². The Morgan fingerprint density at radius 1 is 1.71 bits per heavy atom. The first-order valence-corrected chi connectivity index (χ1v) is 5.27. The summed E-state index contributed by atoms with van der Waals surface area (Å²) in [6, 6.07) is 0. The van der Waals surface area contributed by atoms with Crippen molar-refractivity contribution in [3.8, 4) is 0 Å². The minimum absolute atomic E-state index is 0.426. The smallest absolute Gasteiger partial charge is 0.407 e. The van der Waals surface area contributed by atoms with Gasteiger partial charge in [0.25, 0.3) is 0 Å². The van der Waals surface area contributed by atoms with Crippen molar-refractivity contribution in [3.05, 3.63) is 16.1 Å². The number of ether oxygens (including phenoxy) is 1. The SMILES string of the molecule is COC(=O)NCc1csc(C(C)C)n1. The summed E-state index contributed by atoms with van der Waals surface area (Å²) >= 11 is 1.61. The Morgan fingerprint density at radius 2 is 2.43 bits per heavy atom. The molecule has 0 aliphatic rings. The molecule has 0 spiro atoms. The van der Waals surface area contributed by atoms with Crippen LogP contribution in [0.1, 0.15) is 30.5 Å². The summed E-state index contributed by atoms with van der Waals surface area (Å²) in [6.45, 7) is 4.61. The van der Waals surface area contributed by atoms with Gasteiger partial charge in [-0.25, -0.2) is 9.78 Å². The molecule has 0 aliphatic heterocycles. The summed E-state index contributed by atoms with van der Waals surface area (Å²) in [5.41, 5.74) is 0.879. The Bertz CT molecular complexity index is 310. The van der Waals surface area contributed by atoms with Gasteiger partial charge >= 0.3 is 6.09 Å². The molecule has 0 radical (unpaired) electrons. The molecule has 0 saturated heterocycles. The van der Waals surface area contributed by atoms with Crippen molar-refractivity contribution in [1.82, 2.24) is 10.3 Å². The van der Waals surface area contributed by atoms with E-state index in [2.05, 4.69) is 28.9 Å². The molecule has 0 fully saturated rings. The molecule has 0 aromatic carbocycles. The first-order valence-electron chi connectivity index (χ1n) is 4.39.